The van der Waals surface area contributed by atoms with E-state index in [1.54, 1.807) is 10.9 Å². The van der Waals surface area contributed by atoms with Crippen LogP contribution in [0.3, 0.4) is 0 Å². The summed E-state index contributed by atoms with van der Waals surface area (Å²) in [5.74, 6) is 0.0995. The van der Waals surface area contributed by atoms with Gasteiger partial charge in [0.2, 0.25) is 0 Å². The maximum absolute atomic E-state index is 12.5. The number of aromatic nitrogens is 2. The van der Waals surface area contributed by atoms with E-state index in [0.717, 1.165) is 43.5 Å². The van der Waals surface area contributed by atoms with E-state index in [4.69, 9.17) is 0 Å². The summed E-state index contributed by atoms with van der Waals surface area (Å²) in [6.45, 7) is 5.11. The topological polar surface area (TPSA) is 50.2 Å². The van der Waals surface area contributed by atoms with Crippen LogP contribution in [0.2, 0.25) is 0 Å². The molecule has 1 aromatic rings. The van der Waals surface area contributed by atoms with Gasteiger partial charge in [-0.1, -0.05) is 6.92 Å². The largest absolute Gasteiger partial charge is 0.339 e. The molecule has 1 N–H and O–H groups in total. The number of amides is 1. The number of carbonyl (C=O) groups excluding carboxylic acids is 1. The highest BCUT2D eigenvalue weighted by Crippen LogP contribution is 2.24. The molecule has 112 valence electrons. The van der Waals surface area contributed by atoms with Crippen LogP contribution in [-0.2, 0) is 7.05 Å². The third-order valence-electron chi connectivity index (χ3n) is 4.52. The summed E-state index contributed by atoms with van der Waals surface area (Å²) < 4.78 is 1.75. The van der Waals surface area contributed by atoms with Crippen molar-refractivity contribution < 1.29 is 4.79 Å². The van der Waals surface area contributed by atoms with Crippen molar-refractivity contribution in [2.24, 2.45) is 7.05 Å². The molecule has 5 heteroatoms. The summed E-state index contributed by atoms with van der Waals surface area (Å²) >= 11 is 0. The molecule has 1 aliphatic carbocycles. The van der Waals surface area contributed by atoms with Gasteiger partial charge in [-0.2, -0.15) is 5.10 Å². The molecule has 2 rings (SSSR count). The summed E-state index contributed by atoms with van der Waals surface area (Å²) in [6, 6.07) is 0.983. The van der Waals surface area contributed by atoms with Crippen LogP contribution in [0.5, 0.6) is 0 Å². The van der Waals surface area contributed by atoms with Crippen molar-refractivity contribution in [1.82, 2.24) is 20.0 Å². The third kappa shape index (κ3) is 3.03. The van der Waals surface area contributed by atoms with Gasteiger partial charge in [-0.25, -0.2) is 0 Å². The van der Waals surface area contributed by atoms with E-state index in [2.05, 4.69) is 17.3 Å². The maximum Gasteiger partial charge on any atom is 0.257 e. The first-order valence-electron chi connectivity index (χ1n) is 7.53. The predicted octanol–water partition coefficient (Wildman–Crippen LogP) is 1.72. The van der Waals surface area contributed by atoms with Gasteiger partial charge in [0.1, 0.15) is 0 Å². The standard InChI is InChI=1S/C15H26N4O/c1-5-16-12-6-8-13(9-7-12)18(3)15(20)14-10-17-19(4)11(14)2/h10,12-13,16H,5-9H2,1-4H3. The number of carbonyl (C=O) groups is 1. The van der Waals surface area contributed by atoms with Gasteiger partial charge in [0.05, 0.1) is 11.8 Å². The lowest BCUT2D eigenvalue weighted by atomic mass is 9.90. The molecule has 1 saturated carbocycles. The number of hydrogen-bond acceptors (Lipinski definition) is 3. The van der Waals surface area contributed by atoms with Crippen LogP contribution in [0.25, 0.3) is 0 Å². The Morgan fingerprint density at radius 1 is 1.45 bits per heavy atom. The molecule has 20 heavy (non-hydrogen) atoms. The Labute approximate surface area is 121 Å². The number of nitrogens with one attached hydrogen (secondary N) is 1. The van der Waals surface area contributed by atoms with Crippen molar-refractivity contribution in [1.29, 1.82) is 0 Å². The quantitative estimate of drug-likeness (QED) is 0.912. The molecule has 1 fully saturated rings. The fourth-order valence-corrected chi connectivity index (χ4v) is 3.02. The second-order valence-electron chi connectivity index (χ2n) is 5.75. The Morgan fingerprint density at radius 3 is 2.60 bits per heavy atom. The smallest absolute Gasteiger partial charge is 0.257 e. The fraction of sp³-hybridized carbons (Fsp3) is 0.733. The summed E-state index contributed by atoms with van der Waals surface area (Å²) in [4.78, 5) is 14.5. The SMILES string of the molecule is CCNC1CCC(N(C)C(=O)c2cnn(C)c2C)CC1. The highest BCUT2D eigenvalue weighted by atomic mass is 16.2. The molecular weight excluding hydrogens is 252 g/mol. The average molecular weight is 278 g/mol. The van der Waals surface area contributed by atoms with E-state index in [1.807, 2.05) is 25.9 Å². The van der Waals surface area contributed by atoms with Gasteiger partial charge in [-0.05, 0) is 39.2 Å². The zero-order chi connectivity index (χ0) is 14.7. The van der Waals surface area contributed by atoms with Crippen LogP contribution in [-0.4, -0.2) is 46.3 Å². The van der Waals surface area contributed by atoms with E-state index in [1.165, 1.54) is 0 Å². The normalized spacial score (nSPS) is 22.8. The van der Waals surface area contributed by atoms with Crippen LogP contribution in [0.1, 0.15) is 48.7 Å². The van der Waals surface area contributed by atoms with Crippen molar-refractivity contribution in [3.05, 3.63) is 17.5 Å². The van der Waals surface area contributed by atoms with Crippen molar-refractivity contribution in [2.45, 2.75) is 51.6 Å². The minimum atomic E-state index is 0.0995. The molecule has 0 spiro atoms. The molecule has 0 saturated heterocycles. The van der Waals surface area contributed by atoms with E-state index in [9.17, 15) is 4.79 Å². The fourth-order valence-electron chi connectivity index (χ4n) is 3.02. The van der Waals surface area contributed by atoms with Gasteiger partial charge >= 0.3 is 0 Å². The number of rotatable bonds is 4. The van der Waals surface area contributed by atoms with E-state index in [0.29, 0.717) is 12.1 Å². The molecule has 1 amide bonds. The summed E-state index contributed by atoms with van der Waals surface area (Å²) in [6.07, 6.45) is 6.15. The first kappa shape index (κ1) is 15.0. The summed E-state index contributed by atoms with van der Waals surface area (Å²) in [5, 5.41) is 7.66. The summed E-state index contributed by atoms with van der Waals surface area (Å²) in [7, 11) is 3.79. The van der Waals surface area contributed by atoms with Gasteiger partial charge in [0.15, 0.2) is 0 Å². The minimum absolute atomic E-state index is 0.0995. The molecule has 0 aromatic carbocycles. The predicted molar refractivity (Wildman–Crippen MR) is 79.8 cm³/mol. The monoisotopic (exact) mass is 278 g/mol. The number of hydrogen-bond donors (Lipinski definition) is 1. The zero-order valence-electron chi connectivity index (χ0n) is 13.0. The molecule has 5 nitrogen and oxygen atoms in total. The Kier molecular flexibility index (Phi) is 4.81. The molecule has 0 aliphatic heterocycles. The summed E-state index contributed by atoms with van der Waals surface area (Å²) in [5.41, 5.74) is 1.66. The van der Waals surface area contributed by atoms with E-state index < -0.39 is 0 Å². The lowest BCUT2D eigenvalue weighted by Gasteiger charge is -2.35. The highest BCUT2D eigenvalue weighted by Gasteiger charge is 2.27. The van der Waals surface area contributed by atoms with Crippen molar-refractivity contribution >= 4 is 5.91 Å². The molecule has 0 atom stereocenters. The first-order valence-corrected chi connectivity index (χ1v) is 7.53. The Hall–Kier alpha value is -1.36. The molecule has 1 aromatic heterocycles. The second-order valence-corrected chi connectivity index (χ2v) is 5.75. The molecule has 0 radical (unpaired) electrons. The molecule has 0 unspecified atom stereocenters. The van der Waals surface area contributed by atoms with Crippen molar-refractivity contribution in [3.8, 4) is 0 Å². The van der Waals surface area contributed by atoms with Crippen LogP contribution < -0.4 is 5.32 Å². The van der Waals surface area contributed by atoms with Crippen LogP contribution in [0, 0.1) is 6.92 Å². The van der Waals surface area contributed by atoms with Crippen LogP contribution in [0.4, 0.5) is 0 Å². The van der Waals surface area contributed by atoms with Gasteiger partial charge < -0.3 is 10.2 Å². The number of aryl methyl sites for hydroxylation is 1. The van der Waals surface area contributed by atoms with Gasteiger partial charge in [0, 0.05) is 31.9 Å². The van der Waals surface area contributed by atoms with Crippen LogP contribution >= 0.6 is 0 Å². The van der Waals surface area contributed by atoms with Gasteiger partial charge in [0.25, 0.3) is 5.91 Å². The Bertz CT molecular complexity index is 460. The highest BCUT2D eigenvalue weighted by molar-refractivity contribution is 5.95. The Balaban J connectivity index is 1.96. The van der Waals surface area contributed by atoms with E-state index >= 15 is 0 Å². The van der Waals surface area contributed by atoms with Crippen LogP contribution in [0.15, 0.2) is 6.20 Å². The molecule has 1 heterocycles. The molecule has 0 bridgehead atoms. The maximum atomic E-state index is 12.5. The minimum Gasteiger partial charge on any atom is -0.339 e. The van der Waals surface area contributed by atoms with Gasteiger partial charge in [-0.3, -0.25) is 9.48 Å². The first-order chi connectivity index (χ1) is 9.54. The molecule has 1 aliphatic rings. The molecular formula is C15H26N4O. The van der Waals surface area contributed by atoms with Crippen molar-refractivity contribution in [3.63, 3.8) is 0 Å². The second kappa shape index (κ2) is 6.39. The Morgan fingerprint density at radius 2 is 2.10 bits per heavy atom. The van der Waals surface area contributed by atoms with Gasteiger partial charge in [-0.15, -0.1) is 0 Å². The average Bonchev–Trinajstić information content (AvgIpc) is 2.79. The lowest BCUT2D eigenvalue weighted by Crippen LogP contribution is -2.43. The lowest BCUT2D eigenvalue weighted by molar-refractivity contribution is 0.0684. The van der Waals surface area contributed by atoms with E-state index in [-0.39, 0.29) is 5.91 Å². The third-order valence-corrected chi connectivity index (χ3v) is 4.52. The number of nitrogens with zero attached hydrogens (tertiary/aromatic N) is 3. The van der Waals surface area contributed by atoms with Crippen molar-refractivity contribution in [2.75, 3.05) is 13.6 Å². The zero-order valence-corrected chi connectivity index (χ0v) is 13.0.